The molecule has 3 aromatic rings. The third-order valence-corrected chi connectivity index (χ3v) is 5.20. The van der Waals surface area contributed by atoms with Crippen LogP contribution in [0.2, 0.25) is 0 Å². The van der Waals surface area contributed by atoms with E-state index in [9.17, 15) is 14.0 Å². The Bertz CT molecular complexity index is 990. The first kappa shape index (κ1) is 16.0. The smallest absolute Gasteiger partial charge is 0.263 e. The number of nitrogens with zero attached hydrogens (tertiary/aromatic N) is 2. The van der Waals surface area contributed by atoms with Gasteiger partial charge in [0.15, 0.2) is 0 Å². The van der Waals surface area contributed by atoms with Crippen LogP contribution in [0, 0.1) is 11.7 Å². The number of amides is 1. The zero-order valence-corrected chi connectivity index (χ0v) is 14.2. The van der Waals surface area contributed by atoms with Gasteiger partial charge in [0.1, 0.15) is 17.2 Å². The minimum atomic E-state index is -0.328. The van der Waals surface area contributed by atoms with Gasteiger partial charge in [-0.25, -0.2) is 9.37 Å². The molecule has 1 aromatic carbocycles. The van der Waals surface area contributed by atoms with Crippen LogP contribution in [-0.2, 0) is 11.3 Å². The third kappa shape index (κ3) is 3.32. The Kier molecular flexibility index (Phi) is 4.09. The van der Waals surface area contributed by atoms with Crippen LogP contribution in [0.1, 0.15) is 12.8 Å². The van der Waals surface area contributed by atoms with Crippen LogP contribution in [0.3, 0.4) is 0 Å². The Morgan fingerprint density at radius 2 is 2.08 bits per heavy atom. The molecule has 0 spiro atoms. The van der Waals surface area contributed by atoms with Gasteiger partial charge < -0.3 is 5.32 Å². The summed E-state index contributed by atoms with van der Waals surface area (Å²) in [5.74, 6) is 0.0723. The van der Waals surface area contributed by atoms with E-state index >= 15 is 0 Å². The number of fused-ring (bicyclic) bond motifs is 1. The average molecular weight is 357 g/mol. The molecule has 1 aliphatic rings. The van der Waals surface area contributed by atoms with Gasteiger partial charge in [0.25, 0.3) is 5.56 Å². The maximum Gasteiger partial charge on any atom is 0.263 e. The Morgan fingerprint density at radius 3 is 2.80 bits per heavy atom. The number of thiophene rings is 1. The lowest BCUT2D eigenvalue weighted by Gasteiger charge is -2.07. The second kappa shape index (κ2) is 6.40. The summed E-state index contributed by atoms with van der Waals surface area (Å²) in [6.45, 7) is 0.621. The van der Waals surface area contributed by atoms with Crippen LogP contribution in [0.15, 0.2) is 40.8 Å². The molecule has 0 aliphatic heterocycles. The number of rotatable bonds is 5. The Labute approximate surface area is 147 Å². The Morgan fingerprint density at radius 1 is 1.32 bits per heavy atom. The fourth-order valence-electron chi connectivity index (χ4n) is 2.71. The van der Waals surface area contributed by atoms with Gasteiger partial charge in [-0.1, -0.05) is 12.1 Å². The van der Waals surface area contributed by atoms with Gasteiger partial charge in [-0.05, 0) is 36.5 Å². The maximum atomic E-state index is 13.1. The van der Waals surface area contributed by atoms with Gasteiger partial charge in [0, 0.05) is 17.5 Å². The highest BCUT2D eigenvalue weighted by atomic mass is 32.1. The van der Waals surface area contributed by atoms with Gasteiger partial charge in [-0.15, -0.1) is 11.3 Å². The van der Waals surface area contributed by atoms with E-state index in [1.807, 2.05) is 5.38 Å². The lowest BCUT2D eigenvalue weighted by molar-refractivity contribution is -0.121. The van der Waals surface area contributed by atoms with Crippen molar-refractivity contribution in [3.63, 3.8) is 0 Å². The zero-order valence-electron chi connectivity index (χ0n) is 13.4. The molecule has 4 rings (SSSR count). The van der Waals surface area contributed by atoms with Crippen molar-refractivity contribution in [2.75, 3.05) is 6.54 Å². The maximum absolute atomic E-state index is 13.1. The highest BCUT2D eigenvalue weighted by Crippen LogP contribution is 2.30. The average Bonchev–Trinajstić information content (AvgIpc) is 3.34. The molecule has 1 N–H and O–H groups in total. The lowest BCUT2D eigenvalue weighted by atomic mass is 10.1. The summed E-state index contributed by atoms with van der Waals surface area (Å²) in [7, 11) is 0. The molecule has 0 radical (unpaired) electrons. The molecule has 0 unspecified atom stereocenters. The van der Waals surface area contributed by atoms with Crippen LogP contribution < -0.4 is 10.9 Å². The monoisotopic (exact) mass is 357 g/mol. The normalized spacial score (nSPS) is 14.0. The van der Waals surface area contributed by atoms with E-state index in [0.717, 1.165) is 18.4 Å². The summed E-state index contributed by atoms with van der Waals surface area (Å²) in [5, 5.41) is 5.15. The number of aromatic nitrogens is 2. The van der Waals surface area contributed by atoms with E-state index in [4.69, 9.17) is 0 Å². The van der Waals surface area contributed by atoms with Crippen molar-refractivity contribution in [1.82, 2.24) is 14.9 Å². The number of hydrogen-bond acceptors (Lipinski definition) is 4. The number of hydrogen-bond donors (Lipinski definition) is 1. The van der Waals surface area contributed by atoms with E-state index in [1.54, 1.807) is 12.1 Å². The van der Waals surface area contributed by atoms with Crippen molar-refractivity contribution in [3.8, 4) is 11.1 Å². The van der Waals surface area contributed by atoms with Crippen molar-refractivity contribution in [1.29, 1.82) is 0 Å². The molecule has 25 heavy (non-hydrogen) atoms. The molecule has 2 heterocycles. The van der Waals surface area contributed by atoms with E-state index in [1.165, 1.54) is 34.4 Å². The minimum absolute atomic E-state index is 0.0484. The molecule has 0 saturated heterocycles. The van der Waals surface area contributed by atoms with Crippen molar-refractivity contribution in [2.45, 2.75) is 19.4 Å². The largest absolute Gasteiger partial charge is 0.354 e. The summed E-state index contributed by atoms with van der Waals surface area (Å²) in [6.07, 6.45) is 3.72. The van der Waals surface area contributed by atoms with Crippen molar-refractivity contribution in [3.05, 3.63) is 52.1 Å². The third-order valence-electron chi connectivity index (χ3n) is 4.31. The number of nitrogens with one attached hydrogen (secondary N) is 1. The highest BCUT2D eigenvalue weighted by Gasteiger charge is 2.22. The summed E-state index contributed by atoms with van der Waals surface area (Å²) in [6, 6.07) is 5.99. The molecular weight excluding hydrogens is 341 g/mol. The predicted molar refractivity (Wildman–Crippen MR) is 95.0 cm³/mol. The molecule has 2 aromatic heterocycles. The molecule has 0 bridgehead atoms. The highest BCUT2D eigenvalue weighted by molar-refractivity contribution is 7.17. The van der Waals surface area contributed by atoms with Gasteiger partial charge in [0.05, 0.1) is 11.7 Å². The summed E-state index contributed by atoms with van der Waals surface area (Å²) in [4.78, 5) is 29.7. The quantitative estimate of drug-likeness (QED) is 0.764. The van der Waals surface area contributed by atoms with Crippen LogP contribution in [0.5, 0.6) is 0 Å². The van der Waals surface area contributed by atoms with Gasteiger partial charge >= 0.3 is 0 Å². The molecule has 1 saturated carbocycles. The number of carbonyl (C=O) groups excluding carboxylic acids is 1. The predicted octanol–water partition coefficient (Wildman–Crippen LogP) is 2.79. The number of carbonyl (C=O) groups is 1. The summed E-state index contributed by atoms with van der Waals surface area (Å²) >= 11 is 1.36. The standard InChI is InChI=1S/C18H16FN3O2S/c19-13-5-3-12(4-6-13)14-9-25-17-16(14)18(24)22(10-21-17)8-15(23)20-7-11-1-2-11/h3-6,9-11H,1-2,7-8H2,(H,20,23). The number of benzene rings is 1. The second-order valence-corrected chi connectivity index (χ2v) is 7.12. The van der Waals surface area contributed by atoms with Crippen LogP contribution in [-0.4, -0.2) is 22.0 Å². The molecule has 0 atom stereocenters. The minimum Gasteiger partial charge on any atom is -0.354 e. The zero-order chi connectivity index (χ0) is 17.4. The van der Waals surface area contributed by atoms with E-state index in [0.29, 0.717) is 28.2 Å². The molecule has 1 amide bonds. The Hall–Kier alpha value is -2.54. The lowest BCUT2D eigenvalue weighted by Crippen LogP contribution is -2.33. The first-order valence-electron chi connectivity index (χ1n) is 8.11. The van der Waals surface area contributed by atoms with Gasteiger partial charge in [-0.2, -0.15) is 0 Å². The van der Waals surface area contributed by atoms with Crippen molar-refractivity contribution >= 4 is 27.5 Å². The topological polar surface area (TPSA) is 64.0 Å². The fraction of sp³-hybridized carbons (Fsp3) is 0.278. The van der Waals surface area contributed by atoms with Crippen LogP contribution in [0.25, 0.3) is 21.3 Å². The summed E-state index contributed by atoms with van der Waals surface area (Å²) in [5.41, 5.74) is 1.21. The Balaban J connectivity index is 1.66. The molecule has 5 nitrogen and oxygen atoms in total. The first-order chi connectivity index (χ1) is 12.1. The molecular formula is C18H16FN3O2S. The van der Waals surface area contributed by atoms with Crippen LogP contribution >= 0.6 is 11.3 Å². The van der Waals surface area contributed by atoms with Gasteiger partial charge in [0.2, 0.25) is 5.91 Å². The fourth-order valence-corrected chi connectivity index (χ4v) is 3.62. The molecule has 1 aliphatic carbocycles. The SMILES string of the molecule is O=C(Cn1cnc2scc(-c3ccc(F)cc3)c2c1=O)NCC1CC1. The first-order valence-corrected chi connectivity index (χ1v) is 8.99. The van der Waals surface area contributed by atoms with Crippen molar-refractivity contribution < 1.29 is 9.18 Å². The second-order valence-electron chi connectivity index (χ2n) is 6.26. The van der Waals surface area contributed by atoms with E-state index < -0.39 is 0 Å². The summed E-state index contributed by atoms with van der Waals surface area (Å²) < 4.78 is 14.5. The molecule has 128 valence electrons. The van der Waals surface area contributed by atoms with Gasteiger partial charge in [-0.3, -0.25) is 14.2 Å². The van der Waals surface area contributed by atoms with Crippen molar-refractivity contribution in [2.24, 2.45) is 5.92 Å². The molecule has 1 fully saturated rings. The molecule has 7 heteroatoms. The van der Waals surface area contributed by atoms with E-state index in [-0.39, 0.29) is 23.8 Å². The number of halogens is 1. The van der Waals surface area contributed by atoms with E-state index in [2.05, 4.69) is 10.3 Å². The van der Waals surface area contributed by atoms with Crippen LogP contribution in [0.4, 0.5) is 4.39 Å².